The molecule has 0 unspecified atom stereocenters. The van der Waals surface area contributed by atoms with Crippen molar-refractivity contribution in [1.82, 2.24) is 15.3 Å². The highest BCUT2D eigenvalue weighted by Gasteiger charge is 2.55. The second kappa shape index (κ2) is 10.7. The van der Waals surface area contributed by atoms with E-state index in [4.69, 9.17) is 9.97 Å². The summed E-state index contributed by atoms with van der Waals surface area (Å²) in [6.07, 6.45) is 5.73. The van der Waals surface area contributed by atoms with Crippen molar-refractivity contribution in [2.45, 2.75) is 44.1 Å². The van der Waals surface area contributed by atoms with E-state index in [1.165, 1.54) is 0 Å². The van der Waals surface area contributed by atoms with Crippen LogP contribution in [0.1, 0.15) is 49.1 Å². The van der Waals surface area contributed by atoms with Gasteiger partial charge >= 0.3 is 0 Å². The molecule has 0 saturated heterocycles. The number of rotatable bonds is 8. The first-order chi connectivity index (χ1) is 19.0. The third-order valence-corrected chi connectivity index (χ3v) is 8.69. The number of carbonyl (C=O) groups is 1. The third-order valence-electron chi connectivity index (χ3n) is 8.69. The van der Waals surface area contributed by atoms with Crippen LogP contribution >= 0.6 is 0 Å². The fraction of sp³-hybridized carbons (Fsp3) is 0.364. The fourth-order valence-electron chi connectivity index (χ4n) is 6.32. The van der Waals surface area contributed by atoms with Gasteiger partial charge in [-0.25, -0.2) is 4.98 Å². The topological polar surface area (TPSA) is 70.2 Å². The summed E-state index contributed by atoms with van der Waals surface area (Å²) in [6.45, 7) is 0.877. The normalized spacial score (nSPS) is 22.1. The Bertz CT molecular complexity index is 1390. The van der Waals surface area contributed by atoms with Crippen LogP contribution in [-0.2, 0) is 4.79 Å². The Morgan fingerprint density at radius 2 is 1.51 bits per heavy atom. The number of benzene rings is 3. The molecule has 2 N–H and O–H groups in total. The van der Waals surface area contributed by atoms with Crippen molar-refractivity contribution in [3.05, 3.63) is 96.1 Å². The first-order valence-electron chi connectivity index (χ1n) is 14.1. The minimum Gasteiger partial charge on any atom is -0.362 e. The summed E-state index contributed by atoms with van der Waals surface area (Å²) in [6, 6.07) is 28.7. The zero-order chi connectivity index (χ0) is 26.8. The molecule has 6 rings (SSSR count). The molecule has 0 aliphatic heterocycles. The van der Waals surface area contributed by atoms with Gasteiger partial charge in [0.2, 0.25) is 11.9 Å². The second-order valence-electron chi connectivity index (χ2n) is 11.5. The molecule has 2 saturated carbocycles. The molecule has 1 heterocycles. The van der Waals surface area contributed by atoms with Gasteiger partial charge in [-0.3, -0.25) is 4.79 Å². The van der Waals surface area contributed by atoms with Gasteiger partial charge < -0.3 is 15.5 Å². The predicted molar refractivity (Wildman–Crippen MR) is 158 cm³/mol. The smallest absolute Gasteiger partial charge is 0.232 e. The Hall–Kier alpha value is -3.93. The van der Waals surface area contributed by atoms with Crippen LogP contribution in [-0.4, -0.2) is 42.6 Å². The van der Waals surface area contributed by atoms with Crippen LogP contribution in [0.25, 0.3) is 10.9 Å². The van der Waals surface area contributed by atoms with E-state index in [9.17, 15) is 4.79 Å². The summed E-state index contributed by atoms with van der Waals surface area (Å²) in [5.41, 5.74) is 3.31. The maximum Gasteiger partial charge on any atom is 0.232 e. The van der Waals surface area contributed by atoms with E-state index in [1.807, 2.05) is 73.6 Å². The molecule has 2 aliphatic carbocycles. The minimum atomic E-state index is -0.278. The SMILES string of the molecule is CN(C)c1nc(NCC2CCC3(CC2)C[C@H]3NC(=O)C(c2ccccc2)c2ccccc2)nc2ccccc12. The van der Waals surface area contributed by atoms with Crippen LogP contribution < -0.4 is 15.5 Å². The van der Waals surface area contributed by atoms with Crippen LogP contribution in [0.4, 0.5) is 11.8 Å². The average molecular weight is 520 g/mol. The lowest BCUT2D eigenvalue weighted by Crippen LogP contribution is -2.35. The predicted octanol–water partition coefficient (Wildman–Crippen LogP) is 6.00. The van der Waals surface area contributed by atoms with Crippen molar-refractivity contribution in [2.24, 2.45) is 11.3 Å². The Morgan fingerprint density at radius 1 is 0.897 bits per heavy atom. The Balaban J connectivity index is 1.06. The highest BCUT2D eigenvalue weighted by atomic mass is 16.2. The van der Waals surface area contributed by atoms with E-state index >= 15 is 0 Å². The number of hydrogen-bond donors (Lipinski definition) is 2. The summed E-state index contributed by atoms with van der Waals surface area (Å²) in [7, 11) is 4.04. The van der Waals surface area contributed by atoms with Crippen LogP contribution in [0.3, 0.4) is 0 Å². The summed E-state index contributed by atoms with van der Waals surface area (Å²) < 4.78 is 0. The molecule has 3 aromatic carbocycles. The van der Waals surface area contributed by atoms with Gasteiger partial charge in [-0.15, -0.1) is 0 Å². The molecule has 39 heavy (non-hydrogen) atoms. The van der Waals surface area contributed by atoms with Crippen LogP contribution in [0.2, 0.25) is 0 Å². The number of para-hydroxylation sites is 1. The van der Waals surface area contributed by atoms with Crippen LogP contribution in [0.5, 0.6) is 0 Å². The summed E-state index contributed by atoms with van der Waals surface area (Å²) in [5.74, 6) is 2.06. The number of fused-ring (bicyclic) bond motifs is 1. The summed E-state index contributed by atoms with van der Waals surface area (Å²) in [5, 5.41) is 8.03. The highest BCUT2D eigenvalue weighted by molar-refractivity contribution is 5.90. The molecule has 200 valence electrons. The molecule has 1 atom stereocenters. The molecule has 1 spiro atoms. The number of nitrogens with zero attached hydrogens (tertiary/aromatic N) is 3. The van der Waals surface area contributed by atoms with Gasteiger partial charge in [0.15, 0.2) is 0 Å². The average Bonchev–Trinajstić information content (AvgIpc) is 3.63. The zero-order valence-electron chi connectivity index (χ0n) is 22.8. The number of hydrogen-bond acceptors (Lipinski definition) is 5. The Morgan fingerprint density at radius 3 is 2.15 bits per heavy atom. The zero-order valence-corrected chi connectivity index (χ0v) is 22.8. The quantitative estimate of drug-likeness (QED) is 0.299. The van der Waals surface area contributed by atoms with Crippen molar-refractivity contribution < 1.29 is 4.79 Å². The fourth-order valence-corrected chi connectivity index (χ4v) is 6.32. The molecule has 6 heteroatoms. The number of nitrogens with one attached hydrogen (secondary N) is 2. The van der Waals surface area contributed by atoms with E-state index in [0.717, 1.165) is 66.5 Å². The van der Waals surface area contributed by atoms with E-state index in [2.05, 4.69) is 41.0 Å². The highest BCUT2D eigenvalue weighted by Crippen LogP contribution is 2.57. The van der Waals surface area contributed by atoms with Gasteiger partial charge in [-0.2, -0.15) is 4.98 Å². The number of amides is 1. The lowest BCUT2D eigenvalue weighted by Gasteiger charge is -2.30. The van der Waals surface area contributed by atoms with Gasteiger partial charge in [0.1, 0.15) is 5.82 Å². The van der Waals surface area contributed by atoms with E-state index in [0.29, 0.717) is 11.9 Å². The Kier molecular flexibility index (Phi) is 6.94. The van der Waals surface area contributed by atoms with Crippen LogP contribution in [0.15, 0.2) is 84.9 Å². The second-order valence-corrected chi connectivity index (χ2v) is 11.5. The maximum absolute atomic E-state index is 13.6. The molecule has 1 aromatic heterocycles. The largest absolute Gasteiger partial charge is 0.362 e. The lowest BCUT2D eigenvalue weighted by atomic mass is 9.79. The molecule has 2 aliphatic rings. The molecular weight excluding hydrogens is 482 g/mol. The molecule has 6 nitrogen and oxygen atoms in total. The van der Waals surface area contributed by atoms with Gasteiger partial charge in [0.25, 0.3) is 0 Å². The summed E-state index contributed by atoms with van der Waals surface area (Å²) >= 11 is 0. The number of anilines is 2. The van der Waals surface area contributed by atoms with Crippen molar-refractivity contribution in [1.29, 1.82) is 0 Å². The van der Waals surface area contributed by atoms with Crippen LogP contribution in [0, 0.1) is 11.3 Å². The minimum absolute atomic E-state index is 0.114. The molecule has 1 amide bonds. The molecule has 4 aromatic rings. The maximum atomic E-state index is 13.6. The van der Waals surface area contributed by atoms with Crippen molar-refractivity contribution in [3.63, 3.8) is 0 Å². The van der Waals surface area contributed by atoms with Crippen molar-refractivity contribution in [2.75, 3.05) is 30.9 Å². The van der Waals surface area contributed by atoms with Crippen molar-refractivity contribution in [3.8, 4) is 0 Å². The van der Waals surface area contributed by atoms with Gasteiger partial charge in [-0.1, -0.05) is 72.8 Å². The van der Waals surface area contributed by atoms with Crippen molar-refractivity contribution >= 4 is 28.6 Å². The van der Waals surface area contributed by atoms with E-state index < -0.39 is 0 Å². The van der Waals surface area contributed by atoms with E-state index in [1.54, 1.807) is 0 Å². The number of carbonyl (C=O) groups excluding carboxylic acids is 1. The standard InChI is InChI=1S/C33H37N5O/c1-38(2)30-26-15-9-10-16-27(26)35-32(37-30)34-22-23-17-19-33(20-18-23)21-28(33)36-31(39)29(24-11-5-3-6-12-24)25-13-7-4-8-14-25/h3-16,23,28-29H,17-22H2,1-2H3,(H,36,39)(H,34,35,37)/t23?,28-,33?/m1/s1. The summed E-state index contributed by atoms with van der Waals surface area (Å²) in [4.78, 5) is 25.2. The molecule has 0 bridgehead atoms. The van der Waals surface area contributed by atoms with Gasteiger partial charge in [0.05, 0.1) is 11.4 Å². The Labute approximate surface area is 230 Å². The monoisotopic (exact) mass is 519 g/mol. The lowest BCUT2D eigenvalue weighted by molar-refractivity contribution is -0.122. The van der Waals surface area contributed by atoms with Gasteiger partial charge in [0, 0.05) is 32.1 Å². The first-order valence-corrected chi connectivity index (χ1v) is 14.1. The first kappa shape index (κ1) is 25.4. The molecule has 2 fully saturated rings. The molecular formula is C33H37N5O. The third kappa shape index (κ3) is 5.33. The molecule has 0 radical (unpaired) electrons. The number of aromatic nitrogens is 2. The van der Waals surface area contributed by atoms with E-state index in [-0.39, 0.29) is 23.3 Å². The van der Waals surface area contributed by atoms with Gasteiger partial charge in [-0.05, 0) is 66.7 Å².